The molecule has 2 N–H and O–H groups in total. The number of aromatic nitrogens is 3. The molecule has 134 valence electrons. The molecular formula is C17H13ClF3N5. The first-order chi connectivity index (χ1) is 12.4. The van der Waals surface area contributed by atoms with E-state index < -0.39 is 11.7 Å². The zero-order valence-corrected chi connectivity index (χ0v) is 14.0. The number of alkyl halides is 3. The first kappa shape index (κ1) is 17.9. The molecule has 3 aromatic rings. The first-order valence-electron chi connectivity index (χ1n) is 7.51. The Morgan fingerprint density at radius 2 is 1.77 bits per heavy atom. The molecule has 0 aliphatic heterocycles. The van der Waals surface area contributed by atoms with Crippen LogP contribution in [0.25, 0.3) is 0 Å². The summed E-state index contributed by atoms with van der Waals surface area (Å²) in [6, 6.07) is 10.7. The number of pyridine rings is 1. The van der Waals surface area contributed by atoms with Crippen LogP contribution in [0.5, 0.6) is 0 Å². The Labute approximate surface area is 152 Å². The molecule has 2 heterocycles. The summed E-state index contributed by atoms with van der Waals surface area (Å²) in [5, 5.41) is 5.54. The molecule has 3 rings (SSSR count). The van der Waals surface area contributed by atoms with Crippen LogP contribution in [0.4, 0.5) is 30.5 Å². The van der Waals surface area contributed by atoms with Crippen molar-refractivity contribution in [2.75, 3.05) is 10.6 Å². The average Bonchev–Trinajstić information content (AvgIpc) is 2.62. The zero-order valence-electron chi connectivity index (χ0n) is 13.3. The van der Waals surface area contributed by atoms with Crippen molar-refractivity contribution in [3.63, 3.8) is 0 Å². The fraction of sp³-hybridized carbons (Fsp3) is 0.118. The fourth-order valence-corrected chi connectivity index (χ4v) is 2.40. The summed E-state index contributed by atoms with van der Waals surface area (Å²) in [5.74, 6) is 0.858. The largest absolute Gasteiger partial charge is 0.417 e. The maximum Gasteiger partial charge on any atom is 0.417 e. The average molecular weight is 380 g/mol. The molecule has 0 bridgehead atoms. The van der Waals surface area contributed by atoms with Crippen LogP contribution in [-0.4, -0.2) is 15.0 Å². The molecule has 5 nitrogen and oxygen atoms in total. The quantitative estimate of drug-likeness (QED) is 0.660. The number of hydrogen-bond donors (Lipinski definition) is 2. The highest BCUT2D eigenvalue weighted by Gasteiger charge is 2.33. The zero-order chi connectivity index (χ0) is 18.6. The Bertz CT molecular complexity index is 887. The number of hydrogen-bond acceptors (Lipinski definition) is 5. The van der Waals surface area contributed by atoms with E-state index >= 15 is 0 Å². The van der Waals surface area contributed by atoms with Crippen LogP contribution in [0.3, 0.4) is 0 Å². The van der Waals surface area contributed by atoms with Crippen molar-refractivity contribution in [1.29, 1.82) is 0 Å². The van der Waals surface area contributed by atoms with Gasteiger partial charge in [0, 0.05) is 18.0 Å². The van der Waals surface area contributed by atoms with Crippen molar-refractivity contribution in [3.8, 4) is 0 Å². The van der Waals surface area contributed by atoms with Gasteiger partial charge >= 0.3 is 6.18 Å². The Hall–Kier alpha value is -2.87. The number of halogens is 4. The predicted octanol–water partition coefficient (Wildman–Crippen LogP) is 4.90. The summed E-state index contributed by atoms with van der Waals surface area (Å²) in [5.41, 5.74) is 0.135. The molecule has 0 saturated heterocycles. The Kier molecular flexibility index (Phi) is 5.22. The van der Waals surface area contributed by atoms with E-state index in [-0.39, 0.29) is 10.7 Å². The van der Waals surface area contributed by atoms with E-state index in [1.54, 1.807) is 12.3 Å². The van der Waals surface area contributed by atoms with Gasteiger partial charge in [-0.25, -0.2) is 9.97 Å². The monoisotopic (exact) mass is 379 g/mol. The molecule has 0 unspecified atom stereocenters. The van der Waals surface area contributed by atoms with Gasteiger partial charge in [0.15, 0.2) is 0 Å². The topological polar surface area (TPSA) is 62.7 Å². The minimum atomic E-state index is -4.53. The van der Waals surface area contributed by atoms with E-state index in [2.05, 4.69) is 25.6 Å². The lowest BCUT2D eigenvalue weighted by Gasteiger charge is -2.12. The predicted molar refractivity (Wildman–Crippen MR) is 93.3 cm³/mol. The Morgan fingerprint density at radius 1 is 0.962 bits per heavy atom. The smallest absolute Gasteiger partial charge is 0.364 e. The van der Waals surface area contributed by atoms with Crippen LogP contribution < -0.4 is 10.6 Å². The molecule has 26 heavy (non-hydrogen) atoms. The lowest BCUT2D eigenvalue weighted by molar-refractivity contribution is -0.137. The second kappa shape index (κ2) is 7.57. The number of nitrogens with one attached hydrogen (secondary N) is 2. The number of nitrogens with zero attached hydrogens (tertiary/aromatic N) is 3. The van der Waals surface area contributed by atoms with Crippen LogP contribution >= 0.6 is 11.6 Å². The second-order valence-electron chi connectivity index (χ2n) is 5.28. The minimum Gasteiger partial charge on any atom is -0.364 e. The Morgan fingerprint density at radius 3 is 2.50 bits per heavy atom. The first-order valence-corrected chi connectivity index (χ1v) is 7.89. The number of anilines is 3. The highest BCUT2D eigenvalue weighted by atomic mass is 35.5. The molecule has 1 aromatic carbocycles. The molecule has 0 spiro atoms. The van der Waals surface area contributed by atoms with Gasteiger partial charge in [0.1, 0.15) is 18.0 Å². The number of rotatable bonds is 5. The standard InChI is InChI=1S/C17H13ClF3N5/c18-14-5-4-11(7-13(14)17(19,20)21)26-16-8-15(24-10-25-16)23-9-12-3-1-2-6-22-12/h1-8,10H,9H2,(H2,23,24,25,26). The number of benzene rings is 1. The maximum atomic E-state index is 12.9. The van der Waals surface area contributed by atoms with Gasteiger partial charge in [-0.1, -0.05) is 17.7 Å². The molecule has 0 aliphatic carbocycles. The molecule has 0 atom stereocenters. The van der Waals surface area contributed by atoms with E-state index in [1.165, 1.54) is 18.5 Å². The Balaban J connectivity index is 1.73. The molecule has 9 heteroatoms. The van der Waals surface area contributed by atoms with Gasteiger partial charge in [-0.2, -0.15) is 13.2 Å². The summed E-state index contributed by atoms with van der Waals surface area (Å²) in [4.78, 5) is 12.3. The van der Waals surface area contributed by atoms with E-state index in [0.717, 1.165) is 11.8 Å². The molecule has 0 saturated carbocycles. The normalized spacial score (nSPS) is 11.2. The van der Waals surface area contributed by atoms with Crippen LogP contribution in [-0.2, 0) is 12.7 Å². The maximum absolute atomic E-state index is 12.9. The molecular weight excluding hydrogens is 367 g/mol. The third-order valence-electron chi connectivity index (χ3n) is 3.39. The molecule has 2 aromatic heterocycles. The van der Waals surface area contributed by atoms with Gasteiger partial charge in [0.25, 0.3) is 0 Å². The van der Waals surface area contributed by atoms with E-state index in [1.807, 2.05) is 18.2 Å². The van der Waals surface area contributed by atoms with Crippen molar-refractivity contribution >= 4 is 28.9 Å². The van der Waals surface area contributed by atoms with Gasteiger partial charge in [0.05, 0.1) is 22.8 Å². The van der Waals surface area contributed by atoms with Crippen LogP contribution in [0, 0.1) is 0 Å². The lowest BCUT2D eigenvalue weighted by atomic mass is 10.2. The van der Waals surface area contributed by atoms with Crippen molar-refractivity contribution < 1.29 is 13.2 Å². The van der Waals surface area contributed by atoms with Crippen LogP contribution in [0.1, 0.15) is 11.3 Å². The lowest BCUT2D eigenvalue weighted by Crippen LogP contribution is -2.07. The summed E-state index contributed by atoms with van der Waals surface area (Å²) in [7, 11) is 0. The molecule has 0 aliphatic rings. The second-order valence-corrected chi connectivity index (χ2v) is 5.69. The molecule has 0 radical (unpaired) electrons. The van der Waals surface area contributed by atoms with Crippen molar-refractivity contribution in [3.05, 3.63) is 71.3 Å². The van der Waals surface area contributed by atoms with Gasteiger partial charge in [-0.15, -0.1) is 0 Å². The third-order valence-corrected chi connectivity index (χ3v) is 3.72. The summed E-state index contributed by atoms with van der Waals surface area (Å²) in [6.07, 6.45) is -1.54. The highest BCUT2D eigenvalue weighted by molar-refractivity contribution is 6.31. The highest BCUT2D eigenvalue weighted by Crippen LogP contribution is 2.36. The van der Waals surface area contributed by atoms with Gasteiger partial charge in [0.2, 0.25) is 0 Å². The van der Waals surface area contributed by atoms with Crippen molar-refractivity contribution in [1.82, 2.24) is 15.0 Å². The summed E-state index contributed by atoms with van der Waals surface area (Å²) >= 11 is 5.62. The van der Waals surface area contributed by atoms with Crippen molar-refractivity contribution in [2.24, 2.45) is 0 Å². The van der Waals surface area contributed by atoms with Crippen LogP contribution in [0.2, 0.25) is 5.02 Å². The third kappa shape index (κ3) is 4.60. The van der Waals surface area contributed by atoms with Gasteiger partial charge in [-0.3, -0.25) is 4.98 Å². The van der Waals surface area contributed by atoms with E-state index in [9.17, 15) is 13.2 Å². The van der Waals surface area contributed by atoms with E-state index in [4.69, 9.17) is 11.6 Å². The van der Waals surface area contributed by atoms with E-state index in [0.29, 0.717) is 18.2 Å². The molecule has 0 amide bonds. The van der Waals surface area contributed by atoms with Gasteiger partial charge in [-0.05, 0) is 30.3 Å². The minimum absolute atomic E-state index is 0.219. The fourth-order valence-electron chi connectivity index (χ4n) is 2.17. The van der Waals surface area contributed by atoms with Gasteiger partial charge < -0.3 is 10.6 Å². The SMILES string of the molecule is FC(F)(F)c1cc(Nc2cc(NCc3ccccn3)ncn2)ccc1Cl. The molecule has 0 fully saturated rings. The summed E-state index contributed by atoms with van der Waals surface area (Å²) < 4.78 is 38.8. The van der Waals surface area contributed by atoms with Crippen LogP contribution in [0.15, 0.2) is 55.0 Å². The summed E-state index contributed by atoms with van der Waals surface area (Å²) in [6.45, 7) is 0.455. The van der Waals surface area contributed by atoms with Crippen molar-refractivity contribution in [2.45, 2.75) is 12.7 Å².